The molecule has 140 valence electrons. The summed E-state index contributed by atoms with van der Waals surface area (Å²) in [6.45, 7) is 7.08. The van der Waals surface area contributed by atoms with Gasteiger partial charge in [0.15, 0.2) is 5.69 Å². The van der Waals surface area contributed by atoms with Crippen molar-refractivity contribution in [1.82, 2.24) is 4.98 Å². The molecule has 0 radical (unpaired) electrons. The maximum absolute atomic E-state index is 12.6. The molecule has 1 saturated heterocycles. The van der Waals surface area contributed by atoms with Crippen LogP contribution < -0.4 is 9.64 Å². The summed E-state index contributed by atoms with van der Waals surface area (Å²) in [5, 5.41) is 1.78. The Morgan fingerprint density at radius 2 is 1.92 bits per heavy atom. The van der Waals surface area contributed by atoms with Crippen LogP contribution in [0.25, 0.3) is 10.6 Å². The Balaban J connectivity index is 1.86. The predicted molar refractivity (Wildman–Crippen MR) is 105 cm³/mol. The first kappa shape index (κ1) is 18.7. The van der Waals surface area contributed by atoms with Gasteiger partial charge in [-0.3, -0.25) is 0 Å². The number of carbonyl (C=O) groups excluding carboxylic acids is 1. The molecule has 0 N–H and O–H groups in total. The molecule has 0 atom stereocenters. The first-order valence-corrected chi connectivity index (χ1v) is 10.2. The van der Waals surface area contributed by atoms with Crippen LogP contribution in [0, 0.1) is 0 Å². The molecular weight excluding hydrogens is 348 g/mol. The third-order valence-electron chi connectivity index (χ3n) is 4.34. The number of ether oxygens (including phenoxy) is 2. The number of aromatic nitrogens is 1. The summed E-state index contributed by atoms with van der Waals surface area (Å²) in [5.41, 5.74) is 1.45. The van der Waals surface area contributed by atoms with Gasteiger partial charge < -0.3 is 14.4 Å². The Kier molecular flexibility index (Phi) is 6.50. The molecule has 2 heterocycles. The van der Waals surface area contributed by atoms with Crippen molar-refractivity contribution in [2.45, 2.75) is 39.5 Å². The lowest BCUT2D eigenvalue weighted by atomic mass is 10.2. The number of hydrogen-bond acceptors (Lipinski definition) is 6. The summed E-state index contributed by atoms with van der Waals surface area (Å²) in [4.78, 5) is 19.5. The zero-order valence-corrected chi connectivity index (χ0v) is 16.3. The van der Waals surface area contributed by atoms with Crippen molar-refractivity contribution in [1.29, 1.82) is 0 Å². The number of nitrogens with zero attached hydrogens (tertiary/aromatic N) is 2. The summed E-state index contributed by atoms with van der Waals surface area (Å²) in [5.74, 6) is 0.528. The fraction of sp³-hybridized carbons (Fsp3) is 0.500. The van der Waals surface area contributed by atoms with Gasteiger partial charge in [-0.05, 0) is 50.5 Å². The molecule has 0 bridgehead atoms. The third-order valence-corrected chi connectivity index (χ3v) is 5.50. The molecule has 1 aromatic carbocycles. The number of thiazole rings is 1. The van der Waals surface area contributed by atoms with Gasteiger partial charge in [0.05, 0.1) is 13.2 Å². The average molecular weight is 375 g/mol. The van der Waals surface area contributed by atoms with Crippen LogP contribution in [0.3, 0.4) is 0 Å². The minimum atomic E-state index is -0.311. The Labute approximate surface area is 159 Å². The van der Waals surface area contributed by atoms with E-state index in [2.05, 4.69) is 16.8 Å². The minimum Gasteiger partial charge on any atom is -0.494 e. The molecule has 1 fully saturated rings. The highest BCUT2D eigenvalue weighted by molar-refractivity contribution is 7.19. The third kappa shape index (κ3) is 4.36. The molecule has 0 unspecified atom stereocenters. The zero-order valence-electron chi connectivity index (χ0n) is 15.5. The summed E-state index contributed by atoms with van der Waals surface area (Å²) < 4.78 is 10.9. The normalized spacial score (nSPS) is 13.8. The van der Waals surface area contributed by atoms with Gasteiger partial charge in [0.2, 0.25) is 0 Å². The molecule has 1 aromatic heterocycles. The first-order valence-electron chi connectivity index (χ1n) is 9.39. The Morgan fingerprint density at radius 3 is 2.58 bits per heavy atom. The molecular formula is C20H26N2O3S. The van der Waals surface area contributed by atoms with E-state index in [4.69, 9.17) is 9.47 Å². The standard InChI is InChI=1S/C20H26N2O3S/c1-3-5-14-25-20(23)17-19(22-12-6-7-13-22)26-18(21-17)15-8-10-16(11-9-15)24-4-2/h8-11H,3-7,12-14H2,1-2H3. The largest absolute Gasteiger partial charge is 0.494 e. The summed E-state index contributed by atoms with van der Waals surface area (Å²) in [6.07, 6.45) is 4.18. The molecule has 0 amide bonds. The van der Waals surface area contributed by atoms with Crippen LogP contribution in [0.4, 0.5) is 5.00 Å². The van der Waals surface area contributed by atoms with E-state index >= 15 is 0 Å². The number of anilines is 1. The van der Waals surface area contributed by atoms with Crippen molar-refractivity contribution in [3.05, 3.63) is 30.0 Å². The zero-order chi connectivity index (χ0) is 18.4. The maximum atomic E-state index is 12.6. The van der Waals surface area contributed by atoms with Crippen molar-refractivity contribution in [3.63, 3.8) is 0 Å². The second-order valence-corrected chi connectivity index (χ2v) is 7.29. The smallest absolute Gasteiger partial charge is 0.360 e. The molecule has 1 aliphatic heterocycles. The lowest BCUT2D eigenvalue weighted by molar-refractivity contribution is 0.0494. The summed E-state index contributed by atoms with van der Waals surface area (Å²) in [6, 6.07) is 7.86. The average Bonchev–Trinajstić information content (AvgIpc) is 3.32. The fourth-order valence-corrected chi connectivity index (χ4v) is 4.05. The molecule has 0 aliphatic carbocycles. The van der Waals surface area contributed by atoms with Crippen molar-refractivity contribution in [2.75, 3.05) is 31.2 Å². The highest BCUT2D eigenvalue weighted by Crippen LogP contribution is 2.37. The highest BCUT2D eigenvalue weighted by Gasteiger charge is 2.26. The van der Waals surface area contributed by atoms with E-state index in [1.54, 1.807) is 11.3 Å². The molecule has 5 nitrogen and oxygen atoms in total. The van der Waals surface area contributed by atoms with Crippen LogP contribution in [-0.4, -0.2) is 37.3 Å². The number of esters is 1. The number of hydrogen-bond donors (Lipinski definition) is 0. The lowest BCUT2D eigenvalue weighted by Crippen LogP contribution is -2.20. The first-order chi connectivity index (χ1) is 12.7. The van der Waals surface area contributed by atoms with Crippen molar-refractivity contribution in [3.8, 4) is 16.3 Å². The van der Waals surface area contributed by atoms with E-state index in [0.29, 0.717) is 18.9 Å². The van der Waals surface area contributed by atoms with Gasteiger partial charge in [-0.1, -0.05) is 24.7 Å². The van der Waals surface area contributed by atoms with Crippen LogP contribution in [0.5, 0.6) is 5.75 Å². The Hall–Kier alpha value is -2.08. The van der Waals surface area contributed by atoms with Crippen LogP contribution in [0.15, 0.2) is 24.3 Å². The van der Waals surface area contributed by atoms with Crippen molar-refractivity contribution in [2.24, 2.45) is 0 Å². The van der Waals surface area contributed by atoms with E-state index in [9.17, 15) is 4.79 Å². The monoisotopic (exact) mass is 374 g/mol. The molecule has 26 heavy (non-hydrogen) atoms. The molecule has 0 saturated carbocycles. The minimum absolute atomic E-state index is 0.311. The molecule has 0 spiro atoms. The summed E-state index contributed by atoms with van der Waals surface area (Å²) in [7, 11) is 0. The van der Waals surface area contributed by atoms with Gasteiger partial charge in [0.1, 0.15) is 15.8 Å². The maximum Gasteiger partial charge on any atom is 0.360 e. The second-order valence-electron chi connectivity index (χ2n) is 6.31. The van der Waals surface area contributed by atoms with Gasteiger partial charge in [-0.25, -0.2) is 9.78 Å². The molecule has 6 heteroatoms. The lowest BCUT2D eigenvalue weighted by Gasteiger charge is -2.15. The highest BCUT2D eigenvalue weighted by atomic mass is 32.1. The number of unbranched alkanes of at least 4 members (excludes halogenated alkanes) is 1. The number of carbonyl (C=O) groups is 1. The van der Waals surface area contributed by atoms with Gasteiger partial charge in [0, 0.05) is 18.7 Å². The number of benzene rings is 1. The van der Waals surface area contributed by atoms with Crippen molar-refractivity contribution < 1.29 is 14.3 Å². The van der Waals surface area contributed by atoms with E-state index in [-0.39, 0.29) is 5.97 Å². The van der Waals surface area contributed by atoms with Gasteiger partial charge in [0.25, 0.3) is 0 Å². The molecule has 3 rings (SSSR count). The Bertz CT molecular complexity index is 721. The van der Waals surface area contributed by atoms with Crippen LogP contribution >= 0.6 is 11.3 Å². The van der Waals surface area contributed by atoms with Gasteiger partial charge in [-0.15, -0.1) is 0 Å². The predicted octanol–water partition coefficient (Wildman–Crippen LogP) is 4.77. The quantitative estimate of drug-likeness (QED) is 0.492. The SMILES string of the molecule is CCCCOC(=O)c1nc(-c2ccc(OCC)cc2)sc1N1CCCC1. The van der Waals surface area contributed by atoms with Crippen molar-refractivity contribution >= 4 is 22.3 Å². The summed E-state index contributed by atoms with van der Waals surface area (Å²) >= 11 is 1.57. The molecule has 2 aromatic rings. The van der Waals surface area contributed by atoms with Crippen LogP contribution in [0.2, 0.25) is 0 Å². The van der Waals surface area contributed by atoms with Gasteiger partial charge in [-0.2, -0.15) is 0 Å². The van der Waals surface area contributed by atoms with E-state index in [1.807, 2.05) is 31.2 Å². The van der Waals surface area contributed by atoms with Gasteiger partial charge >= 0.3 is 5.97 Å². The van der Waals surface area contributed by atoms with Crippen LogP contribution in [-0.2, 0) is 4.74 Å². The topological polar surface area (TPSA) is 51.7 Å². The molecule has 1 aliphatic rings. The second kappa shape index (κ2) is 9.03. The Morgan fingerprint density at radius 1 is 1.19 bits per heavy atom. The van der Waals surface area contributed by atoms with E-state index in [0.717, 1.165) is 60.1 Å². The van der Waals surface area contributed by atoms with E-state index in [1.165, 1.54) is 0 Å². The van der Waals surface area contributed by atoms with Crippen LogP contribution in [0.1, 0.15) is 50.0 Å². The fourth-order valence-electron chi connectivity index (χ4n) is 2.94. The van der Waals surface area contributed by atoms with E-state index < -0.39 is 0 Å². The number of rotatable bonds is 8.